The maximum atomic E-state index is 9.88. The fraction of sp³-hybridized carbons (Fsp3) is 1.00. The molecule has 0 amide bonds. The van der Waals surface area contributed by atoms with Crippen molar-refractivity contribution in [2.24, 2.45) is 0 Å². The van der Waals surface area contributed by atoms with Gasteiger partial charge in [-0.3, -0.25) is 0 Å². The summed E-state index contributed by atoms with van der Waals surface area (Å²) in [5, 5.41) is 0. The van der Waals surface area contributed by atoms with E-state index in [4.69, 9.17) is 0 Å². The van der Waals surface area contributed by atoms with Crippen LogP contribution in [0.1, 0.15) is 13.8 Å². The molecule has 0 aromatic carbocycles. The van der Waals surface area contributed by atoms with Gasteiger partial charge in [0.25, 0.3) is 0 Å². The van der Waals surface area contributed by atoms with Crippen molar-refractivity contribution in [2.45, 2.75) is 33.5 Å². The molecular weight excluding hydrogens is 239 g/mol. The predicted molar refractivity (Wildman–Crippen MR) is 73.5 cm³/mol. The van der Waals surface area contributed by atoms with Crippen LogP contribution >= 0.6 is 17.9 Å². The maximum absolute atomic E-state index is 9.88. The monoisotopic (exact) mass is 262 g/mol. The van der Waals surface area contributed by atoms with Gasteiger partial charge >= 0.3 is 0 Å². The highest BCUT2D eigenvalue weighted by Gasteiger charge is 2.34. The van der Waals surface area contributed by atoms with Crippen LogP contribution in [0.4, 0.5) is 0 Å². The quantitative estimate of drug-likeness (QED) is 0.358. The SMILES string of the molecule is CC[SH](CC)([Si](C)(C)C)=P(O)(O)S. The zero-order chi connectivity index (χ0) is 10.9. The molecule has 13 heavy (non-hydrogen) atoms. The highest BCUT2D eigenvalue weighted by molar-refractivity contribution is 8.77. The van der Waals surface area contributed by atoms with Crippen molar-refractivity contribution in [1.82, 2.24) is 0 Å². The Morgan fingerprint density at radius 1 is 1.15 bits per heavy atom. The van der Waals surface area contributed by atoms with Gasteiger partial charge in [-0.2, -0.15) is 0 Å². The average molecular weight is 262 g/mol. The predicted octanol–water partition coefficient (Wildman–Crippen LogP) is 2.34. The van der Waals surface area contributed by atoms with Crippen LogP contribution in [0.25, 0.3) is 0 Å². The van der Waals surface area contributed by atoms with E-state index in [1.54, 1.807) is 0 Å². The van der Waals surface area contributed by atoms with Crippen molar-refractivity contribution in [3.63, 3.8) is 0 Å². The number of hydrogen-bond acceptors (Lipinski definition) is 0. The summed E-state index contributed by atoms with van der Waals surface area (Å²) >= 11 is 4.10. The van der Waals surface area contributed by atoms with Gasteiger partial charge in [-0.25, -0.2) is 8.66 Å². The van der Waals surface area contributed by atoms with E-state index in [9.17, 15) is 9.79 Å². The average Bonchev–Trinajstić information content (AvgIpc) is 1.84. The van der Waals surface area contributed by atoms with E-state index in [2.05, 4.69) is 45.7 Å². The second-order valence-electron chi connectivity index (χ2n) is 4.26. The van der Waals surface area contributed by atoms with Gasteiger partial charge in [0, 0.05) is 0 Å². The number of hydrogen-bond donors (Lipinski definition) is 4. The van der Waals surface area contributed by atoms with E-state index in [1.807, 2.05) is 0 Å². The lowest BCUT2D eigenvalue weighted by atomic mass is 11.0. The summed E-state index contributed by atoms with van der Waals surface area (Å²) in [6, 6.07) is 0. The fourth-order valence-corrected chi connectivity index (χ4v) is 33.0. The summed E-state index contributed by atoms with van der Waals surface area (Å²) < 4.78 is 0. The molecule has 0 unspecified atom stereocenters. The topological polar surface area (TPSA) is 40.5 Å². The molecule has 0 aromatic rings. The van der Waals surface area contributed by atoms with Gasteiger partial charge in [-0.05, 0) is 11.5 Å². The molecular formula is C7H23O2PS2Si. The Morgan fingerprint density at radius 3 is 1.46 bits per heavy atom. The first-order valence-electron chi connectivity index (χ1n) is 4.57. The standard InChI is InChI=1S/C7H23O2PS2Si/c1-6-12(7-2,10(8,9)11)13(3,4)5/h8-9,11-12H,6-7H2,1-5H3. The van der Waals surface area contributed by atoms with Crippen LogP contribution < -0.4 is 0 Å². The van der Waals surface area contributed by atoms with Crippen LogP contribution in [0.15, 0.2) is 0 Å². The Bertz CT molecular complexity index is 237. The normalized spacial score (nSPS) is 16.0. The molecule has 0 fully saturated rings. The van der Waals surface area contributed by atoms with Crippen molar-refractivity contribution in [3.8, 4) is 0 Å². The minimum Gasteiger partial charge on any atom is -0.343 e. The first kappa shape index (κ1) is 14.3. The molecule has 0 aliphatic carbocycles. The van der Waals surface area contributed by atoms with E-state index in [1.165, 1.54) is 0 Å². The molecule has 0 atom stereocenters. The zero-order valence-corrected chi connectivity index (χ0v) is 12.8. The second-order valence-corrected chi connectivity index (χ2v) is 27.1. The molecule has 0 aliphatic rings. The van der Waals surface area contributed by atoms with Crippen molar-refractivity contribution < 1.29 is 9.79 Å². The third kappa shape index (κ3) is 2.64. The molecule has 0 aliphatic heterocycles. The van der Waals surface area contributed by atoms with E-state index in [0.717, 1.165) is 11.5 Å². The first-order chi connectivity index (χ1) is 5.62. The van der Waals surface area contributed by atoms with Gasteiger partial charge in [-0.15, -0.1) is 0 Å². The van der Waals surface area contributed by atoms with Gasteiger partial charge in [0.2, 0.25) is 0 Å². The largest absolute Gasteiger partial charge is 0.343 e. The van der Waals surface area contributed by atoms with E-state index in [0.29, 0.717) is 0 Å². The summed E-state index contributed by atoms with van der Waals surface area (Å²) in [7, 11) is -3.09. The molecule has 0 bridgehead atoms. The van der Waals surface area contributed by atoms with Crippen molar-refractivity contribution in [1.29, 1.82) is 0 Å². The highest BCUT2D eigenvalue weighted by atomic mass is 33.0. The lowest BCUT2D eigenvalue weighted by Crippen LogP contribution is -2.43. The summed E-state index contributed by atoms with van der Waals surface area (Å²) in [4.78, 5) is 19.8. The molecule has 2 nitrogen and oxygen atoms in total. The minimum absolute atomic E-state index is 0.920. The smallest absolute Gasteiger partial charge is 0.177 e. The first-order valence-corrected chi connectivity index (χ1v) is 14.6. The molecule has 6 heteroatoms. The summed E-state index contributed by atoms with van der Waals surface area (Å²) in [6.07, 6.45) is 0. The van der Waals surface area contributed by atoms with Crippen LogP contribution in [0, 0.1) is 0 Å². The second kappa shape index (κ2) is 4.41. The van der Waals surface area contributed by atoms with Gasteiger partial charge in [-0.1, -0.05) is 45.7 Å². The van der Waals surface area contributed by atoms with Crippen molar-refractivity contribution in [3.05, 3.63) is 0 Å². The van der Waals surface area contributed by atoms with Gasteiger partial charge in [0.15, 0.2) is 5.69 Å². The third-order valence-electron chi connectivity index (χ3n) is 2.81. The lowest BCUT2D eigenvalue weighted by Gasteiger charge is -2.43. The summed E-state index contributed by atoms with van der Waals surface area (Å²) in [5.41, 5.74) is -2.91. The van der Waals surface area contributed by atoms with E-state index in [-0.39, 0.29) is 0 Å². The number of rotatable bonds is 3. The van der Waals surface area contributed by atoms with Gasteiger partial charge in [0.05, 0.1) is 7.22 Å². The zero-order valence-electron chi connectivity index (χ0n) is 9.15. The third-order valence-corrected chi connectivity index (χ3v) is 35.1. The summed E-state index contributed by atoms with van der Waals surface area (Å²) in [6.45, 7) is 10.8. The molecule has 2 N–H and O–H groups in total. The number of thiol groups is 2. The van der Waals surface area contributed by atoms with Crippen LogP contribution in [0.3, 0.4) is 0 Å². The Balaban J connectivity index is 5.76. The molecule has 0 radical (unpaired) electrons. The molecule has 0 rings (SSSR count). The van der Waals surface area contributed by atoms with Gasteiger partial charge < -0.3 is 9.79 Å². The van der Waals surface area contributed by atoms with Crippen LogP contribution in [0.2, 0.25) is 19.6 Å². The Kier molecular flexibility index (Phi) is 4.84. The minimum atomic E-state index is -2.91. The highest BCUT2D eigenvalue weighted by Crippen LogP contribution is 2.56. The molecule has 84 valence electrons. The van der Waals surface area contributed by atoms with Crippen molar-refractivity contribution in [2.75, 3.05) is 11.5 Å². The fourth-order valence-electron chi connectivity index (χ4n) is 1.95. The van der Waals surface area contributed by atoms with Crippen LogP contribution in [0.5, 0.6) is 0 Å². The van der Waals surface area contributed by atoms with Crippen molar-refractivity contribution >= 4 is 33.8 Å². The molecule has 0 saturated carbocycles. The van der Waals surface area contributed by atoms with E-state index >= 15 is 0 Å². The maximum Gasteiger partial charge on any atom is 0.177 e. The van der Waals surface area contributed by atoms with Gasteiger partial charge in [0.1, 0.15) is 0 Å². The lowest BCUT2D eigenvalue weighted by molar-refractivity contribution is 0.502. The molecule has 0 heterocycles. The Labute approximate surface area is 88.6 Å². The van der Waals surface area contributed by atoms with Crippen LogP contribution in [-0.2, 0) is 8.66 Å². The molecule has 0 aromatic heterocycles. The molecule has 0 saturated heterocycles. The molecule has 0 spiro atoms. The Morgan fingerprint density at radius 2 is 1.46 bits per heavy atom. The summed E-state index contributed by atoms with van der Waals surface area (Å²) in [5.74, 6) is 1.84. The van der Waals surface area contributed by atoms with Crippen LogP contribution in [-0.4, -0.2) is 28.5 Å². The Hall–Kier alpha value is 1.27. The van der Waals surface area contributed by atoms with E-state index < -0.39 is 21.6 Å².